The number of aromatic nitrogens is 2. The fraction of sp³-hybridized carbons (Fsp3) is 0.372. The van der Waals surface area contributed by atoms with Gasteiger partial charge in [0.05, 0.1) is 18.0 Å². The van der Waals surface area contributed by atoms with Gasteiger partial charge >= 0.3 is 7.05 Å². The minimum absolute atomic E-state index is 0. The predicted octanol–water partition coefficient (Wildman–Crippen LogP) is 7.92. The maximum Gasteiger partial charge on any atom is 0.376 e. The Morgan fingerprint density at radius 3 is 2.06 bits per heavy atom. The number of Topliss-reactive ketones (excluding diaryl/α,β-unsaturated/α-hetero) is 1. The Balaban J connectivity index is 0.000000178. The van der Waals surface area contributed by atoms with Crippen molar-refractivity contribution in [1.29, 1.82) is 0 Å². The third-order valence-electron chi connectivity index (χ3n) is 11.5. The average Bonchev–Trinajstić information content (AvgIpc) is 3.39. The van der Waals surface area contributed by atoms with Gasteiger partial charge in [0.25, 0.3) is 0 Å². The fourth-order valence-corrected chi connectivity index (χ4v) is 9.02. The number of rotatable bonds is 5. The SMILES string of the molecule is CB(O)N1CCC(C2c3ccc(C)cc3C(CO)=Cc3cccnc32)CC1.CC(=O)C1=Cc2cccnc2C(C2CCNCC2)c2ccc(Cl)cc21.Cl. The van der Waals surface area contributed by atoms with Crippen LogP contribution in [0.5, 0.6) is 0 Å². The molecule has 0 radical (unpaired) electrons. The van der Waals surface area contributed by atoms with Crippen LogP contribution in [-0.2, 0) is 4.79 Å². The van der Waals surface area contributed by atoms with Crippen molar-refractivity contribution in [2.75, 3.05) is 32.8 Å². The van der Waals surface area contributed by atoms with E-state index in [9.17, 15) is 14.9 Å². The number of carbonyl (C=O) groups excluding carboxylic acids is 1. The lowest BCUT2D eigenvalue weighted by molar-refractivity contribution is -0.111. The molecule has 2 saturated heterocycles. The Kier molecular flexibility index (Phi) is 12.7. The zero-order valence-corrected chi connectivity index (χ0v) is 32.3. The quantitative estimate of drug-likeness (QED) is 0.178. The highest BCUT2D eigenvalue weighted by Gasteiger charge is 2.36. The van der Waals surface area contributed by atoms with Gasteiger partial charge in [0, 0.05) is 34.8 Å². The molecule has 7 nitrogen and oxygen atoms in total. The number of aliphatic hydroxyl groups is 1. The highest BCUT2D eigenvalue weighted by atomic mass is 35.5. The monoisotopic (exact) mass is 750 g/mol. The van der Waals surface area contributed by atoms with Crippen molar-refractivity contribution in [3.8, 4) is 0 Å². The third kappa shape index (κ3) is 8.24. The Morgan fingerprint density at radius 2 is 1.45 bits per heavy atom. The summed E-state index contributed by atoms with van der Waals surface area (Å²) in [5.74, 6) is 1.45. The summed E-state index contributed by atoms with van der Waals surface area (Å²) in [6.07, 6.45) is 12.1. The van der Waals surface area contributed by atoms with E-state index >= 15 is 0 Å². The molecular formula is C43H49BCl2N4O3. The summed E-state index contributed by atoms with van der Waals surface area (Å²) in [5.41, 5.74) is 11.8. The molecule has 8 rings (SSSR count). The lowest BCUT2D eigenvalue weighted by Gasteiger charge is -2.37. The number of aliphatic hydroxyl groups excluding tert-OH is 1. The Morgan fingerprint density at radius 1 is 0.868 bits per heavy atom. The Bertz CT molecular complexity index is 2000. The van der Waals surface area contributed by atoms with Gasteiger partial charge in [0.1, 0.15) is 0 Å². The molecule has 2 aliphatic carbocycles. The number of aryl methyl sites for hydroxylation is 1. The minimum Gasteiger partial charge on any atom is -0.437 e. The van der Waals surface area contributed by atoms with Gasteiger partial charge in [-0.05, 0) is 160 Å². The largest absolute Gasteiger partial charge is 0.437 e. The fourth-order valence-electron chi connectivity index (χ4n) is 8.85. The molecule has 276 valence electrons. The predicted molar refractivity (Wildman–Crippen MR) is 219 cm³/mol. The molecule has 4 aliphatic rings. The first-order valence-electron chi connectivity index (χ1n) is 18.7. The van der Waals surface area contributed by atoms with E-state index in [1.807, 2.05) is 49.6 Å². The van der Waals surface area contributed by atoms with E-state index < -0.39 is 0 Å². The number of benzene rings is 2. The molecular weight excluding hydrogens is 702 g/mol. The number of hydrogen-bond donors (Lipinski definition) is 3. The molecule has 4 aromatic rings. The number of carbonyl (C=O) groups is 1. The lowest BCUT2D eigenvalue weighted by atomic mass is 9.73. The van der Waals surface area contributed by atoms with E-state index in [-0.39, 0.29) is 43.7 Å². The maximum absolute atomic E-state index is 12.4. The number of pyridine rings is 2. The number of nitrogens with one attached hydrogen (secondary N) is 1. The number of piperidine rings is 2. The second-order valence-electron chi connectivity index (χ2n) is 14.8. The lowest BCUT2D eigenvalue weighted by Crippen LogP contribution is -2.44. The van der Waals surface area contributed by atoms with Crippen molar-refractivity contribution < 1.29 is 14.9 Å². The molecule has 3 N–H and O–H groups in total. The molecule has 2 atom stereocenters. The average molecular weight is 752 g/mol. The summed E-state index contributed by atoms with van der Waals surface area (Å²) in [7, 11) is -0.386. The van der Waals surface area contributed by atoms with Crippen LogP contribution in [0, 0.1) is 18.8 Å². The molecule has 0 bridgehead atoms. The van der Waals surface area contributed by atoms with Crippen LogP contribution in [0.1, 0.15) is 94.8 Å². The zero-order chi connectivity index (χ0) is 36.4. The van der Waals surface area contributed by atoms with E-state index in [1.165, 1.54) is 16.7 Å². The van der Waals surface area contributed by atoms with Crippen LogP contribution in [0.25, 0.3) is 23.3 Å². The molecule has 0 saturated carbocycles. The minimum atomic E-state index is -0.386. The van der Waals surface area contributed by atoms with Crippen molar-refractivity contribution in [3.63, 3.8) is 0 Å². The van der Waals surface area contributed by atoms with Crippen molar-refractivity contribution in [2.24, 2.45) is 11.8 Å². The Hall–Kier alpha value is -3.63. The van der Waals surface area contributed by atoms with E-state index in [4.69, 9.17) is 21.6 Å². The van der Waals surface area contributed by atoms with E-state index in [1.54, 1.807) is 6.92 Å². The van der Waals surface area contributed by atoms with Crippen LogP contribution in [0.2, 0.25) is 11.8 Å². The number of halogens is 2. The summed E-state index contributed by atoms with van der Waals surface area (Å²) in [4.78, 5) is 24.0. The summed E-state index contributed by atoms with van der Waals surface area (Å²) in [5, 5.41) is 24.1. The van der Waals surface area contributed by atoms with Crippen LogP contribution >= 0.6 is 24.0 Å². The number of fused-ring (bicyclic) bond motifs is 4. The van der Waals surface area contributed by atoms with Crippen molar-refractivity contribution >= 4 is 60.1 Å². The highest BCUT2D eigenvalue weighted by molar-refractivity contribution is 6.45. The van der Waals surface area contributed by atoms with Crippen LogP contribution in [0.4, 0.5) is 0 Å². The second-order valence-corrected chi connectivity index (χ2v) is 15.2. The first kappa shape index (κ1) is 39.1. The molecule has 53 heavy (non-hydrogen) atoms. The molecule has 2 aromatic carbocycles. The summed E-state index contributed by atoms with van der Waals surface area (Å²) in [6, 6.07) is 20.6. The van der Waals surface area contributed by atoms with Crippen LogP contribution in [-0.4, -0.2) is 70.5 Å². The zero-order valence-electron chi connectivity index (χ0n) is 30.8. The molecule has 2 aromatic heterocycles. The smallest absolute Gasteiger partial charge is 0.376 e. The van der Waals surface area contributed by atoms with Gasteiger partial charge in [-0.25, -0.2) is 0 Å². The first-order chi connectivity index (χ1) is 25.2. The van der Waals surface area contributed by atoms with Crippen molar-refractivity contribution in [1.82, 2.24) is 20.1 Å². The molecule has 2 unspecified atom stereocenters. The normalized spacial score (nSPS) is 20.0. The second kappa shape index (κ2) is 17.2. The summed E-state index contributed by atoms with van der Waals surface area (Å²) >= 11 is 6.28. The molecule has 2 aliphatic heterocycles. The number of ketones is 1. The highest BCUT2D eigenvalue weighted by Crippen LogP contribution is 2.46. The van der Waals surface area contributed by atoms with Crippen molar-refractivity contribution in [3.05, 3.63) is 128 Å². The van der Waals surface area contributed by atoms with Gasteiger partial charge in [0.15, 0.2) is 5.78 Å². The van der Waals surface area contributed by atoms with Gasteiger partial charge in [0.2, 0.25) is 0 Å². The van der Waals surface area contributed by atoms with Gasteiger partial charge < -0.3 is 20.3 Å². The maximum atomic E-state index is 12.4. The van der Waals surface area contributed by atoms with Gasteiger partial charge in [-0.2, -0.15) is 0 Å². The van der Waals surface area contributed by atoms with Crippen LogP contribution in [0.3, 0.4) is 0 Å². The Labute approximate surface area is 325 Å². The van der Waals surface area contributed by atoms with E-state index in [0.717, 1.165) is 96.7 Å². The van der Waals surface area contributed by atoms with Gasteiger partial charge in [-0.1, -0.05) is 53.6 Å². The van der Waals surface area contributed by atoms with Crippen LogP contribution < -0.4 is 5.32 Å². The molecule has 4 heterocycles. The van der Waals surface area contributed by atoms with Crippen LogP contribution in [0.15, 0.2) is 73.1 Å². The third-order valence-corrected chi connectivity index (χ3v) is 11.7. The first-order valence-corrected chi connectivity index (χ1v) is 19.1. The van der Waals surface area contributed by atoms with Gasteiger partial charge in [-0.3, -0.25) is 14.8 Å². The number of nitrogens with zero attached hydrogens (tertiary/aromatic N) is 3. The molecule has 10 heteroatoms. The topological polar surface area (TPSA) is 98.6 Å². The number of allylic oxidation sites excluding steroid dienone is 1. The molecule has 0 amide bonds. The number of hydrogen-bond acceptors (Lipinski definition) is 7. The standard InChI is InChI=1S/C22H27BN2O2.C21H21ClN2O.ClH/c1-15-5-6-19-20(12-15)18(14-26)13-17-4-3-9-24-22(17)21(19)16-7-10-25(11-8-16)23(2)27;1-13(25)18-11-15-3-2-8-24-21(15)20(14-6-9-23-10-7-14)17-5-4-16(22)12-19(17)18;/h3-6,9,12-13,16,21,26-27H,7-8,10-11,14H2,1-2H3;2-5,8,11-12,14,20,23H,6-7,9-10H2,1H3;1H. The molecule has 0 spiro atoms. The molecule has 2 fully saturated rings. The summed E-state index contributed by atoms with van der Waals surface area (Å²) < 4.78 is 0. The summed E-state index contributed by atoms with van der Waals surface area (Å²) in [6.45, 7) is 9.46. The van der Waals surface area contributed by atoms with Crippen molar-refractivity contribution in [2.45, 2.75) is 58.2 Å². The van der Waals surface area contributed by atoms with E-state index in [2.05, 4.69) is 59.5 Å². The van der Waals surface area contributed by atoms with Gasteiger partial charge in [-0.15, -0.1) is 12.4 Å². The van der Waals surface area contributed by atoms with E-state index in [0.29, 0.717) is 16.9 Å².